The van der Waals surface area contributed by atoms with E-state index in [1.807, 2.05) is 18.2 Å². The van der Waals surface area contributed by atoms with Gasteiger partial charge in [0.25, 0.3) is 5.91 Å². The maximum atomic E-state index is 13.0. The van der Waals surface area contributed by atoms with Gasteiger partial charge in [0.15, 0.2) is 0 Å². The zero-order chi connectivity index (χ0) is 18.3. The van der Waals surface area contributed by atoms with Gasteiger partial charge in [-0.1, -0.05) is 18.2 Å². The summed E-state index contributed by atoms with van der Waals surface area (Å²) in [5.41, 5.74) is 2.64. The van der Waals surface area contributed by atoms with Gasteiger partial charge in [-0.3, -0.25) is 19.7 Å². The SMILES string of the molecule is C[C@H](NCc1cccc2c1C(=O)N(C1CCC(=O)NC1=O)C2)C1CNC1. The van der Waals surface area contributed by atoms with Gasteiger partial charge in [-0.2, -0.15) is 0 Å². The van der Waals surface area contributed by atoms with E-state index in [0.717, 1.165) is 24.2 Å². The zero-order valence-electron chi connectivity index (χ0n) is 14.9. The minimum atomic E-state index is -0.562. The Kier molecular flexibility index (Phi) is 4.50. The molecule has 0 aliphatic carbocycles. The number of carbonyl (C=O) groups excluding carboxylic acids is 3. The summed E-state index contributed by atoms with van der Waals surface area (Å²) in [6.45, 7) is 5.30. The zero-order valence-corrected chi connectivity index (χ0v) is 14.9. The lowest BCUT2D eigenvalue weighted by Gasteiger charge is -2.33. The van der Waals surface area contributed by atoms with Gasteiger partial charge < -0.3 is 15.5 Å². The van der Waals surface area contributed by atoms with Crippen molar-refractivity contribution in [3.63, 3.8) is 0 Å². The number of benzene rings is 1. The molecule has 1 unspecified atom stereocenters. The van der Waals surface area contributed by atoms with Gasteiger partial charge in [-0.05, 0) is 30.4 Å². The van der Waals surface area contributed by atoms with Crippen LogP contribution in [0.1, 0.15) is 41.3 Å². The summed E-state index contributed by atoms with van der Waals surface area (Å²) in [5, 5.41) is 9.14. The van der Waals surface area contributed by atoms with Crippen LogP contribution in [0.2, 0.25) is 0 Å². The lowest BCUT2D eigenvalue weighted by molar-refractivity contribution is -0.136. The molecule has 3 heterocycles. The number of hydrogen-bond donors (Lipinski definition) is 3. The lowest BCUT2D eigenvalue weighted by atomic mass is 9.94. The van der Waals surface area contributed by atoms with Crippen LogP contribution in [0.25, 0.3) is 0 Å². The molecule has 0 aromatic heterocycles. The van der Waals surface area contributed by atoms with E-state index in [0.29, 0.717) is 37.0 Å². The first kappa shape index (κ1) is 17.2. The van der Waals surface area contributed by atoms with E-state index in [9.17, 15) is 14.4 Å². The first-order chi connectivity index (χ1) is 12.5. The molecule has 1 aromatic rings. The minimum absolute atomic E-state index is 0.107. The molecule has 3 N–H and O–H groups in total. The first-order valence-electron chi connectivity index (χ1n) is 9.24. The van der Waals surface area contributed by atoms with Crippen LogP contribution in [0.4, 0.5) is 0 Å². The van der Waals surface area contributed by atoms with Crippen LogP contribution in [0.3, 0.4) is 0 Å². The van der Waals surface area contributed by atoms with E-state index >= 15 is 0 Å². The molecular weight excluding hydrogens is 332 g/mol. The summed E-state index contributed by atoms with van der Waals surface area (Å²) >= 11 is 0. The summed E-state index contributed by atoms with van der Waals surface area (Å²) in [7, 11) is 0. The summed E-state index contributed by atoms with van der Waals surface area (Å²) in [6.07, 6.45) is 0.668. The Morgan fingerprint density at radius 2 is 2.08 bits per heavy atom. The molecule has 2 atom stereocenters. The van der Waals surface area contributed by atoms with Gasteiger partial charge in [0, 0.05) is 44.2 Å². The third kappa shape index (κ3) is 3.01. The van der Waals surface area contributed by atoms with Crippen LogP contribution >= 0.6 is 0 Å². The summed E-state index contributed by atoms with van der Waals surface area (Å²) in [4.78, 5) is 38.2. The summed E-state index contributed by atoms with van der Waals surface area (Å²) in [5.74, 6) is -0.111. The largest absolute Gasteiger partial charge is 0.322 e. The van der Waals surface area contributed by atoms with Crippen LogP contribution < -0.4 is 16.0 Å². The maximum Gasteiger partial charge on any atom is 0.255 e. The highest BCUT2D eigenvalue weighted by molar-refractivity contribution is 6.05. The predicted octanol–water partition coefficient (Wildman–Crippen LogP) is 0.145. The summed E-state index contributed by atoms with van der Waals surface area (Å²) in [6, 6.07) is 5.71. The number of carbonyl (C=O) groups is 3. The van der Waals surface area contributed by atoms with Crippen molar-refractivity contribution in [1.82, 2.24) is 20.9 Å². The lowest BCUT2D eigenvalue weighted by Crippen LogP contribution is -2.52. The van der Waals surface area contributed by atoms with Crippen LogP contribution in [0, 0.1) is 5.92 Å². The molecule has 4 rings (SSSR count). The highest BCUT2D eigenvalue weighted by Crippen LogP contribution is 2.30. The number of hydrogen-bond acceptors (Lipinski definition) is 5. The Hall–Kier alpha value is -2.25. The van der Waals surface area contributed by atoms with E-state index in [1.54, 1.807) is 4.90 Å². The maximum absolute atomic E-state index is 13.0. The molecule has 26 heavy (non-hydrogen) atoms. The van der Waals surface area contributed by atoms with E-state index in [2.05, 4.69) is 22.9 Å². The fraction of sp³-hybridized carbons (Fsp3) is 0.526. The monoisotopic (exact) mass is 356 g/mol. The van der Waals surface area contributed by atoms with E-state index in [-0.39, 0.29) is 24.1 Å². The number of nitrogens with one attached hydrogen (secondary N) is 3. The molecule has 3 aliphatic rings. The van der Waals surface area contributed by atoms with Crippen molar-refractivity contribution in [1.29, 1.82) is 0 Å². The van der Waals surface area contributed by atoms with Crippen molar-refractivity contribution < 1.29 is 14.4 Å². The van der Waals surface area contributed by atoms with Crippen molar-refractivity contribution in [3.8, 4) is 0 Å². The standard InChI is InChI=1S/C19H24N4O3/c1-11(14-7-20-8-14)21-9-12-3-2-4-13-10-23(19(26)17(12)13)15-5-6-16(24)22-18(15)25/h2-4,11,14-15,20-21H,5-10H2,1H3,(H,22,24,25)/t11-,15?/m0/s1. The fourth-order valence-electron chi connectivity index (χ4n) is 3.94. The normalized spacial score (nSPS) is 24.3. The molecule has 3 aliphatic heterocycles. The van der Waals surface area contributed by atoms with Crippen molar-refractivity contribution in [3.05, 3.63) is 34.9 Å². The molecule has 7 nitrogen and oxygen atoms in total. The highest BCUT2D eigenvalue weighted by atomic mass is 16.2. The number of piperidine rings is 1. The van der Waals surface area contributed by atoms with E-state index in [4.69, 9.17) is 0 Å². The predicted molar refractivity (Wildman–Crippen MR) is 95.1 cm³/mol. The smallest absolute Gasteiger partial charge is 0.255 e. The Morgan fingerprint density at radius 3 is 2.77 bits per heavy atom. The van der Waals surface area contributed by atoms with E-state index in [1.165, 1.54) is 0 Å². The van der Waals surface area contributed by atoms with Crippen molar-refractivity contribution >= 4 is 17.7 Å². The Balaban J connectivity index is 1.49. The van der Waals surface area contributed by atoms with Gasteiger partial charge in [0.1, 0.15) is 6.04 Å². The molecule has 0 spiro atoms. The van der Waals surface area contributed by atoms with Crippen molar-refractivity contribution in [2.75, 3.05) is 13.1 Å². The Bertz CT molecular complexity index is 759. The third-order valence-electron chi connectivity index (χ3n) is 5.77. The van der Waals surface area contributed by atoms with Crippen LogP contribution in [-0.4, -0.2) is 47.8 Å². The molecule has 1 aromatic carbocycles. The second-order valence-electron chi connectivity index (χ2n) is 7.44. The molecule has 7 heteroatoms. The van der Waals surface area contributed by atoms with Crippen molar-refractivity contribution in [2.45, 2.75) is 44.9 Å². The average Bonchev–Trinajstić information content (AvgIpc) is 2.89. The van der Waals surface area contributed by atoms with Gasteiger partial charge in [-0.25, -0.2) is 0 Å². The fourth-order valence-corrected chi connectivity index (χ4v) is 3.94. The second-order valence-corrected chi connectivity index (χ2v) is 7.44. The first-order valence-corrected chi connectivity index (χ1v) is 9.24. The molecule has 0 bridgehead atoms. The average molecular weight is 356 g/mol. The molecule has 3 amide bonds. The molecule has 2 saturated heterocycles. The van der Waals surface area contributed by atoms with Crippen LogP contribution in [0.5, 0.6) is 0 Å². The molecule has 138 valence electrons. The molecule has 2 fully saturated rings. The van der Waals surface area contributed by atoms with Gasteiger partial charge in [0.2, 0.25) is 11.8 Å². The number of amides is 3. The third-order valence-corrected chi connectivity index (χ3v) is 5.77. The summed E-state index contributed by atoms with van der Waals surface area (Å²) < 4.78 is 0. The van der Waals surface area contributed by atoms with Crippen molar-refractivity contribution in [2.24, 2.45) is 5.92 Å². The molecule has 0 radical (unpaired) electrons. The number of imide groups is 1. The molecular formula is C19H24N4O3. The quantitative estimate of drug-likeness (QED) is 0.653. The Morgan fingerprint density at radius 1 is 1.27 bits per heavy atom. The second kappa shape index (κ2) is 6.81. The Labute approximate surface area is 152 Å². The van der Waals surface area contributed by atoms with Crippen LogP contribution in [-0.2, 0) is 22.7 Å². The highest BCUT2D eigenvalue weighted by Gasteiger charge is 2.40. The number of fused-ring (bicyclic) bond motifs is 1. The van der Waals surface area contributed by atoms with E-state index < -0.39 is 6.04 Å². The topological polar surface area (TPSA) is 90.5 Å². The van der Waals surface area contributed by atoms with Crippen LogP contribution in [0.15, 0.2) is 18.2 Å². The number of nitrogens with zero attached hydrogens (tertiary/aromatic N) is 1. The van der Waals surface area contributed by atoms with Gasteiger partial charge >= 0.3 is 0 Å². The minimum Gasteiger partial charge on any atom is -0.322 e. The van der Waals surface area contributed by atoms with Gasteiger partial charge in [0.05, 0.1) is 0 Å². The molecule has 0 saturated carbocycles. The van der Waals surface area contributed by atoms with Gasteiger partial charge in [-0.15, -0.1) is 0 Å². The number of rotatable bonds is 5.